The largest absolute Gasteiger partial charge is 0.142 e. The molecule has 1 rings (SSSR count). The van der Waals surface area contributed by atoms with Gasteiger partial charge in [-0.25, -0.2) is 0 Å². The third-order valence-electron chi connectivity index (χ3n) is 0.627. The van der Waals surface area contributed by atoms with Crippen molar-refractivity contribution in [1.82, 2.24) is 0 Å². The standard InChI is InChI=1S/C6H3S/c1-2-6-3-4-7-5-6/h1,3-4H. The highest BCUT2D eigenvalue weighted by Gasteiger charge is 1.80. The van der Waals surface area contributed by atoms with E-state index in [0.29, 0.717) is 0 Å². The molecule has 1 aromatic rings. The number of rotatable bonds is 0. The normalized spacial score (nSPS) is 7.86. The molecule has 0 aliphatic rings. The topological polar surface area (TPSA) is 0 Å². The Morgan fingerprint density at radius 2 is 2.71 bits per heavy atom. The Kier molecular flexibility index (Phi) is 1.14. The lowest BCUT2D eigenvalue weighted by Gasteiger charge is -1.65. The molecule has 0 saturated carbocycles. The van der Waals surface area contributed by atoms with Gasteiger partial charge in [-0.3, -0.25) is 0 Å². The molecule has 0 unspecified atom stereocenters. The number of hydrogen-bond acceptors (Lipinski definition) is 1. The average Bonchev–Trinajstić information content (AvgIpc) is 2.14. The summed E-state index contributed by atoms with van der Waals surface area (Å²) in [5.41, 5.74) is 0.852. The molecule has 1 aromatic heterocycles. The predicted octanol–water partition coefficient (Wildman–Crippen LogP) is 1.53. The van der Waals surface area contributed by atoms with Crippen molar-refractivity contribution < 1.29 is 0 Å². The second-order valence-electron chi connectivity index (χ2n) is 1.08. The molecule has 0 amide bonds. The molecule has 0 aliphatic carbocycles. The minimum atomic E-state index is 0.852. The maximum absolute atomic E-state index is 5.02. The summed E-state index contributed by atoms with van der Waals surface area (Å²) in [4.78, 5) is 0. The van der Waals surface area contributed by atoms with Crippen molar-refractivity contribution in [3.05, 3.63) is 22.4 Å². The fourth-order valence-electron chi connectivity index (χ4n) is 0.311. The molecule has 0 N–H and O–H groups in total. The fourth-order valence-corrected chi connectivity index (χ4v) is 0.837. The van der Waals surface area contributed by atoms with Crippen molar-refractivity contribution in [3.8, 4) is 12.3 Å². The van der Waals surface area contributed by atoms with Gasteiger partial charge in [-0.2, -0.15) is 0 Å². The molecule has 1 radical (unpaired) electrons. The van der Waals surface area contributed by atoms with Gasteiger partial charge in [-0.15, -0.1) is 17.8 Å². The van der Waals surface area contributed by atoms with Gasteiger partial charge in [-0.05, 0) is 11.4 Å². The van der Waals surface area contributed by atoms with Crippen molar-refractivity contribution in [2.45, 2.75) is 0 Å². The van der Waals surface area contributed by atoms with Gasteiger partial charge in [0.25, 0.3) is 0 Å². The molecule has 0 aromatic carbocycles. The molecular formula is C6H3S. The van der Waals surface area contributed by atoms with Crippen molar-refractivity contribution in [2.75, 3.05) is 0 Å². The van der Waals surface area contributed by atoms with Crippen LogP contribution >= 0.6 is 11.3 Å². The number of hydrogen-bond donors (Lipinski definition) is 0. The summed E-state index contributed by atoms with van der Waals surface area (Å²) in [6.07, 6.45) is 5.02. The van der Waals surface area contributed by atoms with Crippen LogP contribution < -0.4 is 0 Å². The lowest BCUT2D eigenvalue weighted by molar-refractivity contribution is 1.86. The van der Waals surface area contributed by atoms with E-state index in [1.165, 1.54) is 11.3 Å². The van der Waals surface area contributed by atoms with Crippen molar-refractivity contribution >= 4 is 11.3 Å². The van der Waals surface area contributed by atoms with Gasteiger partial charge in [0.1, 0.15) is 0 Å². The Labute approximate surface area is 46.8 Å². The van der Waals surface area contributed by atoms with E-state index >= 15 is 0 Å². The van der Waals surface area contributed by atoms with Gasteiger partial charge < -0.3 is 0 Å². The van der Waals surface area contributed by atoms with Gasteiger partial charge in [0.05, 0.1) is 5.38 Å². The summed E-state index contributed by atoms with van der Waals surface area (Å²) in [5, 5.41) is 4.80. The van der Waals surface area contributed by atoms with Gasteiger partial charge in [0.2, 0.25) is 0 Å². The molecule has 0 saturated heterocycles. The SMILES string of the molecule is C#Cc1[c]scc1. The molecule has 33 valence electrons. The first-order chi connectivity index (χ1) is 3.43. The summed E-state index contributed by atoms with van der Waals surface area (Å²) in [6.45, 7) is 0. The first kappa shape index (κ1) is 4.42. The molecule has 0 bridgehead atoms. The van der Waals surface area contributed by atoms with E-state index in [0.717, 1.165) is 5.56 Å². The Morgan fingerprint density at radius 1 is 1.86 bits per heavy atom. The summed E-state index contributed by atoms with van der Waals surface area (Å²) in [7, 11) is 0. The van der Waals surface area contributed by atoms with Gasteiger partial charge in [-0.1, -0.05) is 5.92 Å². The Morgan fingerprint density at radius 3 is 3.00 bits per heavy atom. The molecular weight excluding hydrogens is 104 g/mol. The molecule has 1 heterocycles. The van der Waals surface area contributed by atoms with E-state index in [1.807, 2.05) is 11.4 Å². The third kappa shape index (κ3) is 0.819. The lowest BCUT2D eigenvalue weighted by atomic mass is 10.4. The van der Waals surface area contributed by atoms with Crippen LogP contribution in [-0.4, -0.2) is 0 Å². The zero-order chi connectivity index (χ0) is 5.11. The Hall–Kier alpha value is -0.740. The lowest BCUT2D eigenvalue weighted by Crippen LogP contribution is -1.55. The maximum Gasteiger partial charge on any atom is 0.0611 e. The zero-order valence-electron chi connectivity index (χ0n) is 3.64. The summed E-state index contributed by atoms with van der Waals surface area (Å²) >= 11 is 1.50. The van der Waals surface area contributed by atoms with Crippen molar-refractivity contribution in [2.24, 2.45) is 0 Å². The molecule has 0 aliphatic heterocycles. The summed E-state index contributed by atoms with van der Waals surface area (Å²) < 4.78 is 0. The first-order valence-corrected chi connectivity index (χ1v) is 2.73. The molecule has 0 fully saturated rings. The van der Waals surface area contributed by atoms with E-state index in [4.69, 9.17) is 6.42 Å². The van der Waals surface area contributed by atoms with E-state index in [2.05, 4.69) is 11.3 Å². The molecule has 0 atom stereocenters. The van der Waals surface area contributed by atoms with E-state index < -0.39 is 0 Å². The van der Waals surface area contributed by atoms with E-state index in [1.54, 1.807) is 0 Å². The van der Waals surface area contributed by atoms with Crippen molar-refractivity contribution in [1.29, 1.82) is 0 Å². The van der Waals surface area contributed by atoms with Crippen LogP contribution in [0, 0.1) is 17.7 Å². The molecule has 0 nitrogen and oxygen atoms in total. The fraction of sp³-hybridized carbons (Fsp3) is 0. The predicted molar refractivity (Wildman–Crippen MR) is 31.1 cm³/mol. The molecule has 7 heavy (non-hydrogen) atoms. The van der Waals surface area contributed by atoms with Gasteiger partial charge in [0, 0.05) is 5.56 Å². The monoisotopic (exact) mass is 107 g/mol. The van der Waals surface area contributed by atoms with Crippen LogP contribution in [0.15, 0.2) is 11.4 Å². The van der Waals surface area contributed by atoms with Crippen LogP contribution in [0.4, 0.5) is 0 Å². The average molecular weight is 107 g/mol. The maximum atomic E-state index is 5.02. The van der Waals surface area contributed by atoms with Gasteiger partial charge >= 0.3 is 0 Å². The zero-order valence-corrected chi connectivity index (χ0v) is 4.46. The van der Waals surface area contributed by atoms with Gasteiger partial charge in [0.15, 0.2) is 0 Å². The molecule has 0 spiro atoms. The summed E-state index contributed by atoms with van der Waals surface area (Å²) in [5.74, 6) is 2.46. The van der Waals surface area contributed by atoms with E-state index in [9.17, 15) is 0 Å². The second-order valence-corrected chi connectivity index (χ2v) is 1.79. The van der Waals surface area contributed by atoms with Crippen LogP contribution in [0.2, 0.25) is 0 Å². The van der Waals surface area contributed by atoms with Crippen LogP contribution in [0.25, 0.3) is 0 Å². The minimum Gasteiger partial charge on any atom is -0.142 e. The van der Waals surface area contributed by atoms with Crippen molar-refractivity contribution in [3.63, 3.8) is 0 Å². The first-order valence-electron chi connectivity index (χ1n) is 1.85. The van der Waals surface area contributed by atoms with Crippen LogP contribution in [0.1, 0.15) is 5.56 Å². The van der Waals surface area contributed by atoms with Crippen LogP contribution in [0.3, 0.4) is 0 Å². The van der Waals surface area contributed by atoms with Crippen LogP contribution in [-0.2, 0) is 0 Å². The third-order valence-corrected chi connectivity index (χ3v) is 1.24. The summed E-state index contributed by atoms with van der Waals surface area (Å²) in [6, 6.07) is 1.87. The molecule has 1 heteroatoms. The quantitative estimate of drug-likeness (QED) is 0.441. The second kappa shape index (κ2) is 1.81. The minimum absolute atomic E-state index is 0.852. The highest BCUT2D eigenvalue weighted by atomic mass is 32.1. The Balaban J connectivity index is 3.04. The highest BCUT2D eigenvalue weighted by molar-refractivity contribution is 7.07. The van der Waals surface area contributed by atoms with E-state index in [-0.39, 0.29) is 0 Å². The number of terminal acetylenes is 1. The number of thiophene rings is 1. The Bertz CT molecular complexity index is 167. The smallest absolute Gasteiger partial charge is 0.0611 e. The highest BCUT2D eigenvalue weighted by Crippen LogP contribution is 2.00. The van der Waals surface area contributed by atoms with Crippen LogP contribution in [0.5, 0.6) is 0 Å².